The lowest BCUT2D eigenvalue weighted by atomic mass is 10.00. The molecule has 5 nitrogen and oxygen atoms in total. The number of carbonyl (C=O) groups is 1. The molecule has 1 aliphatic carbocycles. The second-order valence-corrected chi connectivity index (χ2v) is 5.72. The van der Waals surface area contributed by atoms with Crippen LogP contribution < -0.4 is 16.6 Å². The molecule has 4 N–H and O–H groups in total. The lowest BCUT2D eigenvalue weighted by Gasteiger charge is -2.14. The molecule has 3 rings (SSSR count). The van der Waals surface area contributed by atoms with Crippen LogP contribution in [0.1, 0.15) is 25.7 Å². The van der Waals surface area contributed by atoms with Crippen molar-refractivity contribution < 1.29 is 4.79 Å². The summed E-state index contributed by atoms with van der Waals surface area (Å²) in [5, 5.41) is 4.33. The lowest BCUT2D eigenvalue weighted by Crippen LogP contribution is -2.28. The molecule has 2 aromatic rings. The van der Waals surface area contributed by atoms with Crippen LogP contribution >= 0.6 is 0 Å². The van der Waals surface area contributed by atoms with Gasteiger partial charge in [0.15, 0.2) is 0 Å². The Bertz CT molecular complexity index is 723. The maximum Gasteiger partial charge on any atom is 0.255 e. The Kier molecular flexibility index (Phi) is 3.75. The van der Waals surface area contributed by atoms with Gasteiger partial charge in [-0.05, 0) is 48.4 Å². The van der Waals surface area contributed by atoms with E-state index >= 15 is 0 Å². The largest absolute Gasteiger partial charge is 0.329 e. The van der Waals surface area contributed by atoms with Crippen molar-refractivity contribution >= 4 is 22.4 Å². The summed E-state index contributed by atoms with van der Waals surface area (Å²) in [5.41, 5.74) is 6.58. The van der Waals surface area contributed by atoms with Gasteiger partial charge in [0, 0.05) is 29.7 Å². The highest BCUT2D eigenvalue weighted by molar-refractivity contribution is 5.94. The van der Waals surface area contributed by atoms with Gasteiger partial charge in [-0.25, -0.2) is 0 Å². The number of hydrogen-bond acceptors (Lipinski definition) is 3. The van der Waals surface area contributed by atoms with Gasteiger partial charge in [0.05, 0.1) is 0 Å². The van der Waals surface area contributed by atoms with Crippen molar-refractivity contribution in [2.24, 2.45) is 11.7 Å². The Morgan fingerprint density at radius 2 is 2.19 bits per heavy atom. The fourth-order valence-corrected chi connectivity index (χ4v) is 3.04. The summed E-state index contributed by atoms with van der Waals surface area (Å²) in [4.78, 5) is 26.3. The monoisotopic (exact) mass is 285 g/mol. The van der Waals surface area contributed by atoms with Gasteiger partial charge in [-0.1, -0.05) is 6.42 Å². The average Bonchev–Trinajstić information content (AvgIpc) is 2.84. The van der Waals surface area contributed by atoms with Gasteiger partial charge < -0.3 is 16.0 Å². The molecule has 21 heavy (non-hydrogen) atoms. The van der Waals surface area contributed by atoms with Gasteiger partial charge in [-0.2, -0.15) is 0 Å². The van der Waals surface area contributed by atoms with Gasteiger partial charge in [-0.3, -0.25) is 9.59 Å². The normalized spacial score (nSPS) is 21.6. The molecule has 1 amide bonds. The van der Waals surface area contributed by atoms with Crippen molar-refractivity contribution in [3.8, 4) is 0 Å². The number of anilines is 1. The molecule has 2 atom stereocenters. The number of carbonyl (C=O) groups excluding carboxylic acids is 1. The van der Waals surface area contributed by atoms with Crippen LogP contribution in [0.15, 0.2) is 35.3 Å². The fourth-order valence-electron chi connectivity index (χ4n) is 3.04. The highest BCUT2D eigenvalue weighted by Gasteiger charge is 2.25. The zero-order valence-electron chi connectivity index (χ0n) is 11.8. The number of hydrogen-bond donors (Lipinski definition) is 3. The Morgan fingerprint density at radius 1 is 1.33 bits per heavy atom. The molecule has 0 radical (unpaired) electrons. The third-order valence-corrected chi connectivity index (χ3v) is 4.22. The van der Waals surface area contributed by atoms with Gasteiger partial charge in [0.2, 0.25) is 5.91 Å². The molecule has 5 heteroatoms. The van der Waals surface area contributed by atoms with Crippen LogP contribution in [0.3, 0.4) is 0 Å². The molecule has 1 fully saturated rings. The predicted molar refractivity (Wildman–Crippen MR) is 83.1 cm³/mol. The molecule has 1 aromatic heterocycles. The third kappa shape index (κ3) is 2.97. The maximum absolute atomic E-state index is 12.1. The predicted octanol–water partition coefficient (Wildman–Crippen LogP) is 1.98. The molecule has 0 unspecified atom stereocenters. The second-order valence-electron chi connectivity index (χ2n) is 5.72. The van der Waals surface area contributed by atoms with E-state index in [2.05, 4.69) is 10.3 Å². The van der Waals surface area contributed by atoms with Crippen LogP contribution in [-0.2, 0) is 4.79 Å². The minimum atomic E-state index is -0.123. The highest BCUT2D eigenvalue weighted by atomic mass is 16.1. The standard InChI is InChI=1S/C16H19N3O2/c17-14-3-1-2-11(14)9-15(20)19-12-4-5-13-10(8-12)6-7-18-16(13)21/h4-8,11,14H,1-3,9,17H2,(H,18,21)(H,19,20)/t11-,14+/m0/s1. The molecular weight excluding hydrogens is 266 g/mol. The summed E-state index contributed by atoms with van der Waals surface area (Å²) in [6, 6.07) is 7.26. The number of H-pyrrole nitrogens is 1. The smallest absolute Gasteiger partial charge is 0.255 e. The van der Waals surface area contributed by atoms with Crippen LogP contribution in [0.25, 0.3) is 10.8 Å². The Balaban J connectivity index is 1.72. The zero-order chi connectivity index (χ0) is 14.8. The van der Waals surface area contributed by atoms with Crippen LogP contribution in [0.5, 0.6) is 0 Å². The first-order valence-corrected chi connectivity index (χ1v) is 7.30. The van der Waals surface area contributed by atoms with E-state index in [1.54, 1.807) is 18.3 Å². The van der Waals surface area contributed by atoms with Crippen molar-refractivity contribution in [2.45, 2.75) is 31.7 Å². The van der Waals surface area contributed by atoms with Gasteiger partial charge >= 0.3 is 0 Å². The average molecular weight is 285 g/mol. The fraction of sp³-hybridized carbons (Fsp3) is 0.375. The quantitative estimate of drug-likeness (QED) is 0.805. The first-order chi connectivity index (χ1) is 10.1. The van der Waals surface area contributed by atoms with E-state index < -0.39 is 0 Å². The van der Waals surface area contributed by atoms with E-state index in [0.717, 1.165) is 24.6 Å². The summed E-state index contributed by atoms with van der Waals surface area (Å²) >= 11 is 0. The number of pyridine rings is 1. The maximum atomic E-state index is 12.1. The molecule has 0 aliphatic heterocycles. The molecule has 1 saturated carbocycles. The molecule has 1 aliphatic rings. The minimum absolute atomic E-state index is 0.0125. The Hall–Kier alpha value is -2.14. The van der Waals surface area contributed by atoms with Crippen molar-refractivity contribution in [3.05, 3.63) is 40.8 Å². The number of aromatic nitrogens is 1. The zero-order valence-corrected chi connectivity index (χ0v) is 11.8. The van der Waals surface area contributed by atoms with Gasteiger partial charge in [0.1, 0.15) is 0 Å². The van der Waals surface area contributed by atoms with E-state index in [0.29, 0.717) is 17.5 Å². The van der Waals surface area contributed by atoms with Crippen molar-refractivity contribution in [2.75, 3.05) is 5.32 Å². The van der Waals surface area contributed by atoms with Crippen LogP contribution in [0, 0.1) is 5.92 Å². The number of benzene rings is 1. The molecule has 1 aromatic carbocycles. The molecule has 0 bridgehead atoms. The van der Waals surface area contributed by atoms with Crippen molar-refractivity contribution in [1.29, 1.82) is 0 Å². The number of aromatic amines is 1. The molecule has 1 heterocycles. The van der Waals surface area contributed by atoms with Crippen LogP contribution in [0.2, 0.25) is 0 Å². The summed E-state index contributed by atoms with van der Waals surface area (Å²) in [5.74, 6) is 0.273. The van der Waals surface area contributed by atoms with Crippen LogP contribution in [0.4, 0.5) is 5.69 Å². The summed E-state index contributed by atoms with van der Waals surface area (Å²) in [7, 11) is 0. The first kappa shape index (κ1) is 13.8. The Labute approximate surface area is 122 Å². The number of rotatable bonds is 3. The van der Waals surface area contributed by atoms with Gasteiger partial charge in [-0.15, -0.1) is 0 Å². The highest BCUT2D eigenvalue weighted by Crippen LogP contribution is 2.27. The SMILES string of the molecule is N[C@@H]1CCC[C@H]1CC(=O)Nc1ccc2c(=O)[nH]ccc2c1. The summed E-state index contributed by atoms with van der Waals surface area (Å²) in [6.07, 6.45) is 5.22. The van der Waals surface area contributed by atoms with E-state index in [1.807, 2.05) is 12.1 Å². The number of amides is 1. The second kappa shape index (κ2) is 5.69. The lowest BCUT2D eigenvalue weighted by molar-refractivity contribution is -0.117. The number of fused-ring (bicyclic) bond motifs is 1. The van der Waals surface area contributed by atoms with E-state index in [1.165, 1.54) is 0 Å². The molecule has 0 saturated heterocycles. The minimum Gasteiger partial charge on any atom is -0.329 e. The first-order valence-electron chi connectivity index (χ1n) is 7.30. The van der Waals surface area contributed by atoms with Crippen molar-refractivity contribution in [1.82, 2.24) is 4.98 Å². The summed E-state index contributed by atoms with van der Waals surface area (Å²) < 4.78 is 0. The third-order valence-electron chi connectivity index (χ3n) is 4.22. The van der Waals surface area contributed by atoms with E-state index in [-0.39, 0.29) is 23.4 Å². The number of nitrogens with two attached hydrogens (primary N) is 1. The van der Waals surface area contributed by atoms with E-state index in [4.69, 9.17) is 5.73 Å². The number of nitrogens with one attached hydrogen (secondary N) is 2. The van der Waals surface area contributed by atoms with E-state index in [9.17, 15) is 9.59 Å². The van der Waals surface area contributed by atoms with Crippen LogP contribution in [-0.4, -0.2) is 16.9 Å². The topological polar surface area (TPSA) is 88.0 Å². The van der Waals surface area contributed by atoms with Gasteiger partial charge in [0.25, 0.3) is 5.56 Å². The summed E-state index contributed by atoms with van der Waals surface area (Å²) in [6.45, 7) is 0. The Morgan fingerprint density at radius 3 is 2.95 bits per heavy atom. The molecule has 0 spiro atoms. The van der Waals surface area contributed by atoms with Crippen molar-refractivity contribution in [3.63, 3.8) is 0 Å². The molecular formula is C16H19N3O2. The molecule has 110 valence electrons.